The number of carbonyl (C=O) groups is 2. The minimum Gasteiger partial charge on any atom is -0.326 e. The van der Waals surface area contributed by atoms with Crippen LogP contribution in [-0.2, 0) is 4.79 Å². The Morgan fingerprint density at radius 1 is 1.05 bits per heavy atom. The van der Waals surface area contributed by atoms with E-state index >= 15 is 0 Å². The van der Waals surface area contributed by atoms with Gasteiger partial charge in [-0.3, -0.25) is 9.59 Å². The zero-order valence-corrected chi connectivity index (χ0v) is 12.4. The van der Waals surface area contributed by atoms with Crippen molar-refractivity contribution in [2.45, 2.75) is 39.5 Å². The molecule has 0 bridgehead atoms. The SMILES string of the molecule is CCCCCNCCC(=O)Nc1ccc(C(C)=O)cc1. The zero-order valence-electron chi connectivity index (χ0n) is 12.4. The van der Waals surface area contributed by atoms with Crippen molar-refractivity contribution in [1.29, 1.82) is 0 Å². The number of benzene rings is 1. The van der Waals surface area contributed by atoms with Crippen LogP contribution in [0.25, 0.3) is 0 Å². The average Bonchev–Trinajstić information content (AvgIpc) is 2.43. The first-order valence-electron chi connectivity index (χ1n) is 7.25. The third-order valence-electron chi connectivity index (χ3n) is 3.06. The summed E-state index contributed by atoms with van der Waals surface area (Å²) in [6.45, 7) is 5.36. The van der Waals surface area contributed by atoms with Gasteiger partial charge in [0, 0.05) is 24.2 Å². The summed E-state index contributed by atoms with van der Waals surface area (Å²) in [6, 6.07) is 6.95. The molecule has 1 rings (SSSR count). The summed E-state index contributed by atoms with van der Waals surface area (Å²) in [5, 5.41) is 6.08. The topological polar surface area (TPSA) is 58.2 Å². The lowest BCUT2D eigenvalue weighted by Crippen LogP contribution is -2.22. The molecule has 0 heterocycles. The van der Waals surface area contributed by atoms with E-state index in [0.717, 1.165) is 18.7 Å². The molecule has 4 nitrogen and oxygen atoms in total. The highest BCUT2D eigenvalue weighted by molar-refractivity contribution is 5.95. The van der Waals surface area contributed by atoms with Crippen LogP contribution in [0.3, 0.4) is 0 Å². The second-order valence-electron chi connectivity index (χ2n) is 4.89. The van der Waals surface area contributed by atoms with Gasteiger partial charge in [0.25, 0.3) is 0 Å². The molecule has 20 heavy (non-hydrogen) atoms. The molecule has 4 heteroatoms. The highest BCUT2D eigenvalue weighted by Crippen LogP contribution is 2.10. The van der Waals surface area contributed by atoms with E-state index in [2.05, 4.69) is 17.6 Å². The summed E-state index contributed by atoms with van der Waals surface area (Å²) in [6.07, 6.45) is 4.05. The van der Waals surface area contributed by atoms with Crippen molar-refractivity contribution in [1.82, 2.24) is 5.32 Å². The van der Waals surface area contributed by atoms with Gasteiger partial charge in [0.05, 0.1) is 0 Å². The van der Waals surface area contributed by atoms with Crippen molar-refractivity contribution < 1.29 is 9.59 Å². The molecule has 110 valence electrons. The maximum absolute atomic E-state index is 11.7. The molecule has 2 N–H and O–H groups in total. The van der Waals surface area contributed by atoms with Gasteiger partial charge in [-0.2, -0.15) is 0 Å². The summed E-state index contributed by atoms with van der Waals surface area (Å²) in [5.41, 5.74) is 1.38. The van der Waals surface area contributed by atoms with Gasteiger partial charge < -0.3 is 10.6 Å². The van der Waals surface area contributed by atoms with E-state index in [4.69, 9.17) is 0 Å². The van der Waals surface area contributed by atoms with E-state index in [-0.39, 0.29) is 11.7 Å². The Morgan fingerprint density at radius 3 is 2.35 bits per heavy atom. The van der Waals surface area contributed by atoms with Gasteiger partial charge in [-0.25, -0.2) is 0 Å². The first-order valence-corrected chi connectivity index (χ1v) is 7.25. The van der Waals surface area contributed by atoms with Crippen LogP contribution < -0.4 is 10.6 Å². The molecule has 0 aliphatic heterocycles. The molecular formula is C16H24N2O2. The number of carbonyl (C=O) groups excluding carboxylic acids is 2. The van der Waals surface area contributed by atoms with Crippen LogP contribution >= 0.6 is 0 Å². The van der Waals surface area contributed by atoms with Crippen molar-refractivity contribution in [2.75, 3.05) is 18.4 Å². The number of Topliss-reactive ketones (excluding diaryl/α,β-unsaturated/α-hetero) is 1. The lowest BCUT2D eigenvalue weighted by molar-refractivity contribution is -0.116. The summed E-state index contributed by atoms with van der Waals surface area (Å²) in [4.78, 5) is 22.8. The monoisotopic (exact) mass is 276 g/mol. The molecule has 0 unspecified atom stereocenters. The standard InChI is InChI=1S/C16H24N2O2/c1-3-4-5-11-17-12-10-16(20)18-15-8-6-14(7-9-15)13(2)19/h6-9,17H,3-5,10-12H2,1-2H3,(H,18,20). The Kier molecular flexibility index (Phi) is 7.58. The van der Waals surface area contributed by atoms with Crippen LogP contribution in [0.4, 0.5) is 5.69 Å². The van der Waals surface area contributed by atoms with Crippen LogP contribution in [-0.4, -0.2) is 24.8 Å². The second kappa shape index (κ2) is 9.26. The molecule has 0 spiro atoms. The number of unbranched alkanes of at least 4 members (excludes halogenated alkanes) is 2. The molecule has 0 radical (unpaired) electrons. The average molecular weight is 276 g/mol. The van der Waals surface area contributed by atoms with E-state index in [9.17, 15) is 9.59 Å². The van der Waals surface area contributed by atoms with Gasteiger partial charge in [0.2, 0.25) is 5.91 Å². The molecule has 0 saturated carbocycles. The lowest BCUT2D eigenvalue weighted by Gasteiger charge is -2.07. The molecular weight excluding hydrogens is 252 g/mol. The van der Waals surface area contributed by atoms with Crippen LogP contribution in [0, 0.1) is 0 Å². The summed E-state index contributed by atoms with van der Waals surface area (Å²) in [7, 11) is 0. The fourth-order valence-electron chi connectivity index (χ4n) is 1.84. The number of amides is 1. The Bertz CT molecular complexity index is 427. The highest BCUT2D eigenvalue weighted by atomic mass is 16.1. The normalized spacial score (nSPS) is 10.3. The minimum absolute atomic E-state index is 0.0106. The van der Waals surface area contributed by atoms with E-state index < -0.39 is 0 Å². The van der Waals surface area contributed by atoms with Gasteiger partial charge in [-0.15, -0.1) is 0 Å². The summed E-state index contributed by atoms with van der Waals surface area (Å²) in [5.74, 6) is 0.0164. The maximum atomic E-state index is 11.7. The first kappa shape index (κ1) is 16.4. The van der Waals surface area contributed by atoms with Gasteiger partial charge in [-0.05, 0) is 44.2 Å². The molecule has 0 fully saturated rings. The summed E-state index contributed by atoms with van der Waals surface area (Å²) < 4.78 is 0. The van der Waals surface area contributed by atoms with E-state index in [0.29, 0.717) is 18.5 Å². The maximum Gasteiger partial charge on any atom is 0.225 e. The lowest BCUT2D eigenvalue weighted by atomic mass is 10.1. The smallest absolute Gasteiger partial charge is 0.225 e. The Balaban J connectivity index is 2.23. The number of rotatable bonds is 9. The largest absolute Gasteiger partial charge is 0.326 e. The second-order valence-corrected chi connectivity index (χ2v) is 4.89. The van der Waals surface area contributed by atoms with E-state index in [1.165, 1.54) is 19.8 Å². The Hall–Kier alpha value is -1.68. The number of ketones is 1. The molecule has 0 aliphatic rings. The van der Waals surface area contributed by atoms with Crippen molar-refractivity contribution >= 4 is 17.4 Å². The van der Waals surface area contributed by atoms with Crippen molar-refractivity contribution in [2.24, 2.45) is 0 Å². The van der Waals surface area contributed by atoms with Gasteiger partial charge in [0.15, 0.2) is 5.78 Å². The fraction of sp³-hybridized carbons (Fsp3) is 0.500. The predicted molar refractivity (Wildman–Crippen MR) is 82.1 cm³/mol. The Labute approximate surface area is 121 Å². The molecule has 0 aliphatic carbocycles. The molecule has 0 aromatic heterocycles. The molecule has 1 aromatic carbocycles. The zero-order chi connectivity index (χ0) is 14.8. The third kappa shape index (κ3) is 6.48. The predicted octanol–water partition coefficient (Wildman–Crippen LogP) is 3.00. The van der Waals surface area contributed by atoms with Gasteiger partial charge in [-0.1, -0.05) is 19.8 Å². The van der Waals surface area contributed by atoms with Crippen molar-refractivity contribution in [3.63, 3.8) is 0 Å². The van der Waals surface area contributed by atoms with Crippen molar-refractivity contribution in [3.8, 4) is 0 Å². The third-order valence-corrected chi connectivity index (χ3v) is 3.06. The number of anilines is 1. The number of hydrogen-bond acceptors (Lipinski definition) is 3. The molecule has 0 atom stereocenters. The molecule has 1 amide bonds. The summed E-state index contributed by atoms with van der Waals surface area (Å²) >= 11 is 0. The quantitative estimate of drug-likeness (QED) is 0.538. The fourth-order valence-corrected chi connectivity index (χ4v) is 1.84. The molecule has 1 aromatic rings. The minimum atomic E-state index is -0.0106. The first-order chi connectivity index (χ1) is 9.63. The molecule has 0 saturated heterocycles. The van der Waals surface area contributed by atoms with Crippen molar-refractivity contribution in [3.05, 3.63) is 29.8 Å². The highest BCUT2D eigenvalue weighted by Gasteiger charge is 2.03. The number of hydrogen-bond donors (Lipinski definition) is 2. The van der Waals surface area contributed by atoms with Gasteiger partial charge in [0.1, 0.15) is 0 Å². The van der Waals surface area contributed by atoms with Crippen LogP contribution in [0.2, 0.25) is 0 Å². The number of nitrogens with one attached hydrogen (secondary N) is 2. The van der Waals surface area contributed by atoms with Crippen LogP contribution in [0.1, 0.15) is 49.9 Å². The van der Waals surface area contributed by atoms with Crippen LogP contribution in [0.15, 0.2) is 24.3 Å². The Morgan fingerprint density at radius 2 is 1.75 bits per heavy atom. The van der Waals surface area contributed by atoms with E-state index in [1.54, 1.807) is 24.3 Å². The van der Waals surface area contributed by atoms with Crippen LogP contribution in [0.5, 0.6) is 0 Å². The van der Waals surface area contributed by atoms with Gasteiger partial charge >= 0.3 is 0 Å². The van der Waals surface area contributed by atoms with E-state index in [1.807, 2.05) is 0 Å².